The van der Waals surface area contributed by atoms with E-state index in [4.69, 9.17) is 16.3 Å². The molecular weight excluding hydrogens is 538 g/mol. The van der Waals surface area contributed by atoms with Gasteiger partial charge in [0.15, 0.2) is 0 Å². The maximum Gasteiger partial charge on any atom is 0.338 e. The summed E-state index contributed by atoms with van der Waals surface area (Å²) in [6.45, 7) is 2.22. The summed E-state index contributed by atoms with van der Waals surface area (Å²) in [5, 5.41) is 5.25. The van der Waals surface area contributed by atoms with Gasteiger partial charge in [-0.15, -0.1) is 0 Å². The Kier molecular flexibility index (Phi) is 8.60. The molecule has 1 heterocycles. The van der Waals surface area contributed by atoms with Gasteiger partial charge in [-0.05, 0) is 73.2 Å². The SMILES string of the molecule is CCCOC(=O)c1ccc(NC(=O)c2cccc(NC3=C(Cl)C(=O)N(c4ccc(C(=O)OC)cc4)C3=O)c2)cc1. The van der Waals surface area contributed by atoms with Crippen LogP contribution < -0.4 is 15.5 Å². The average Bonchev–Trinajstić information content (AvgIpc) is 3.18. The van der Waals surface area contributed by atoms with E-state index in [1.807, 2.05) is 6.92 Å². The number of ether oxygens (including phenoxy) is 2. The smallest absolute Gasteiger partial charge is 0.338 e. The van der Waals surface area contributed by atoms with Crippen molar-refractivity contribution in [2.75, 3.05) is 29.3 Å². The number of anilines is 3. The molecule has 1 aliphatic heterocycles. The molecule has 204 valence electrons. The highest BCUT2D eigenvalue weighted by Gasteiger charge is 2.39. The maximum absolute atomic E-state index is 13.1. The van der Waals surface area contributed by atoms with Crippen molar-refractivity contribution in [1.82, 2.24) is 0 Å². The van der Waals surface area contributed by atoms with Crippen LogP contribution in [0.1, 0.15) is 44.4 Å². The van der Waals surface area contributed by atoms with Gasteiger partial charge in [-0.3, -0.25) is 14.4 Å². The second kappa shape index (κ2) is 12.3. The third-order valence-corrected chi connectivity index (χ3v) is 6.13. The monoisotopic (exact) mass is 561 g/mol. The predicted molar refractivity (Wildman–Crippen MR) is 148 cm³/mol. The van der Waals surface area contributed by atoms with Gasteiger partial charge in [0, 0.05) is 16.9 Å². The Balaban J connectivity index is 1.45. The second-order valence-corrected chi connectivity index (χ2v) is 8.92. The van der Waals surface area contributed by atoms with Gasteiger partial charge in [0.2, 0.25) is 0 Å². The average molecular weight is 562 g/mol. The summed E-state index contributed by atoms with van der Waals surface area (Å²) in [6, 6.07) is 18.3. The highest BCUT2D eigenvalue weighted by Crippen LogP contribution is 2.30. The molecule has 2 N–H and O–H groups in total. The van der Waals surface area contributed by atoms with Crippen molar-refractivity contribution in [1.29, 1.82) is 0 Å². The normalized spacial score (nSPS) is 12.8. The van der Waals surface area contributed by atoms with E-state index >= 15 is 0 Å². The van der Waals surface area contributed by atoms with Crippen LogP contribution in [-0.4, -0.2) is 43.4 Å². The van der Waals surface area contributed by atoms with E-state index in [1.54, 1.807) is 42.5 Å². The number of carbonyl (C=O) groups excluding carboxylic acids is 5. The standard InChI is InChI=1S/C29H24ClN3O7/c1-3-15-40-29(38)18-7-11-20(12-8-18)32-25(34)19-5-4-6-21(16-19)31-24-23(30)26(35)33(27(24)36)22-13-9-17(10-14-22)28(37)39-2/h4-14,16,31H,3,15H2,1-2H3,(H,32,34). The zero-order chi connectivity index (χ0) is 28.8. The number of nitrogens with one attached hydrogen (secondary N) is 2. The van der Waals surface area contributed by atoms with E-state index in [0.717, 1.165) is 4.90 Å². The van der Waals surface area contributed by atoms with Crippen LogP contribution in [0.15, 0.2) is 83.5 Å². The summed E-state index contributed by atoms with van der Waals surface area (Å²) in [5.74, 6) is -2.88. The third kappa shape index (κ3) is 6.02. The largest absolute Gasteiger partial charge is 0.465 e. The number of benzene rings is 3. The van der Waals surface area contributed by atoms with E-state index in [2.05, 4.69) is 15.4 Å². The minimum absolute atomic E-state index is 0.160. The fourth-order valence-corrected chi connectivity index (χ4v) is 3.98. The Bertz CT molecular complexity index is 1520. The van der Waals surface area contributed by atoms with E-state index in [1.165, 1.54) is 37.4 Å². The molecule has 3 aromatic rings. The fourth-order valence-electron chi connectivity index (χ4n) is 3.76. The lowest BCUT2D eigenvalue weighted by Gasteiger charge is -2.15. The summed E-state index contributed by atoms with van der Waals surface area (Å²) in [7, 11) is 1.25. The van der Waals surface area contributed by atoms with E-state index in [9.17, 15) is 24.0 Å². The topological polar surface area (TPSA) is 131 Å². The molecule has 0 unspecified atom stereocenters. The van der Waals surface area contributed by atoms with Crippen molar-refractivity contribution in [3.63, 3.8) is 0 Å². The molecule has 0 saturated carbocycles. The Morgan fingerprint density at radius 1 is 0.825 bits per heavy atom. The number of methoxy groups -OCH3 is 1. The number of nitrogens with zero attached hydrogens (tertiary/aromatic N) is 1. The highest BCUT2D eigenvalue weighted by atomic mass is 35.5. The van der Waals surface area contributed by atoms with Gasteiger partial charge in [0.1, 0.15) is 10.7 Å². The van der Waals surface area contributed by atoms with Crippen LogP contribution in [-0.2, 0) is 19.1 Å². The summed E-state index contributed by atoms with van der Waals surface area (Å²) >= 11 is 6.21. The first-order valence-corrected chi connectivity index (χ1v) is 12.5. The molecule has 3 amide bonds. The van der Waals surface area contributed by atoms with Crippen LogP contribution in [0.3, 0.4) is 0 Å². The molecule has 1 aliphatic rings. The summed E-state index contributed by atoms with van der Waals surface area (Å²) in [4.78, 5) is 63.2. The van der Waals surface area contributed by atoms with Crippen LogP contribution in [0, 0.1) is 0 Å². The van der Waals surface area contributed by atoms with Crippen LogP contribution in [0.4, 0.5) is 17.1 Å². The third-order valence-electron chi connectivity index (χ3n) is 5.78. The minimum atomic E-state index is -0.740. The Morgan fingerprint density at radius 2 is 1.48 bits per heavy atom. The van der Waals surface area contributed by atoms with Crippen LogP contribution in [0.25, 0.3) is 0 Å². The summed E-state index contributed by atoms with van der Waals surface area (Å²) in [6.07, 6.45) is 0.715. The summed E-state index contributed by atoms with van der Waals surface area (Å²) in [5.41, 5.74) is 1.75. The molecule has 3 aromatic carbocycles. The van der Waals surface area contributed by atoms with Crippen LogP contribution in [0.5, 0.6) is 0 Å². The van der Waals surface area contributed by atoms with Gasteiger partial charge in [-0.2, -0.15) is 0 Å². The zero-order valence-electron chi connectivity index (χ0n) is 21.5. The van der Waals surface area contributed by atoms with E-state index < -0.39 is 29.7 Å². The molecule has 0 saturated heterocycles. The van der Waals surface area contributed by atoms with Crippen molar-refractivity contribution < 1.29 is 33.4 Å². The van der Waals surface area contributed by atoms with Crippen LogP contribution >= 0.6 is 11.6 Å². The number of rotatable bonds is 9. The van der Waals surface area contributed by atoms with Crippen molar-refractivity contribution in [3.05, 3.63) is 100 Å². The maximum atomic E-state index is 13.1. The van der Waals surface area contributed by atoms with Gasteiger partial charge >= 0.3 is 11.9 Å². The van der Waals surface area contributed by atoms with Gasteiger partial charge in [-0.25, -0.2) is 14.5 Å². The van der Waals surface area contributed by atoms with Crippen molar-refractivity contribution in [3.8, 4) is 0 Å². The lowest BCUT2D eigenvalue weighted by Crippen LogP contribution is -2.32. The Labute approximate surface area is 234 Å². The molecule has 40 heavy (non-hydrogen) atoms. The number of hydrogen-bond acceptors (Lipinski definition) is 8. The molecule has 11 heteroatoms. The Hall–Kier alpha value is -4.96. The highest BCUT2D eigenvalue weighted by molar-refractivity contribution is 6.53. The predicted octanol–water partition coefficient (Wildman–Crippen LogP) is 4.73. The lowest BCUT2D eigenvalue weighted by atomic mass is 10.1. The van der Waals surface area contributed by atoms with E-state index in [-0.39, 0.29) is 27.5 Å². The molecule has 0 aromatic heterocycles. The molecule has 0 radical (unpaired) electrons. The van der Waals surface area contributed by atoms with Crippen molar-refractivity contribution in [2.45, 2.75) is 13.3 Å². The molecule has 0 atom stereocenters. The van der Waals surface area contributed by atoms with Crippen LogP contribution in [0.2, 0.25) is 0 Å². The first kappa shape index (κ1) is 28.1. The number of carbonyl (C=O) groups is 5. The van der Waals surface area contributed by atoms with Crippen molar-refractivity contribution >= 4 is 58.3 Å². The van der Waals surface area contributed by atoms with E-state index in [0.29, 0.717) is 30.0 Å². The molecular formula is C29H24ClN3O7. The molecule has 0 bridgehead atoms. The first-order valence-electron chi connectivity index (χ1n) is 12.2. The first-order chi connectivity index (χ1) is 19.2. The molecule has 0 fully saturated rings. The molecule has 10 nitrogen and oxygen atoms in total. The van der Waals surface area contributed by atoms with Crippen molar-refractivity contribution in [2.24, 2.45) is 0 Å². The number of imide groups is 1. The second-order valence-electron chi connectivity index (χ2n) is 8.55. The zero-order valence-corrected chi connectivity index (χ0v) is 22.3. The number of halogens is 1. The number of hydrogen-bond donors (Lipinski definition) is 2. The van der Waals surface area contributed by atoms with Gasteiger partial charge in [0.25, 0.3) is 17.7 Å². The van der Waals surface area contributed by atoms with Gasteiger partial charge in [0.05, 0.1) is 30.5 Å². The lowest BCUT2D eigenvalue weighted by molar-refractivity contribution is -0.120. The molecule has 4 rings (SSSR count). The summed E-state index contributed by atoms with van der Waals surface area (Å²) < 4.78 is 9.75. The number of esters is 2. The Morgan fingerprint density at radius 3 is 2.12 bits per heavy atom. The molecule has 0 spiro atoms. The quantitative estimate of drug-likeness (QED) is 0.283. The number of amides is 3. The molecule has 0 aliphatic carbocycles. The van der Waals surface area contributed by atoms with Gasteiger partial charge in [-0.1, -0.05) is 24.6 Å². The minimum Gasteiger partial charge on any atom is -0.465 e. The fraction of sp³-hybridized carbons (Fsp3) is 0.138. The van der Waals surface area contributed by atoms with Gasteiger partial charge < -0.3 is 20.1 Å².